The number of carboxylic acids is 1. The minimum absolute atomic E-state index is 0.0807. The first kappa shape index (κ1) is 20.6. The van der Waals surface area contributed by atoms with Crippen LogP contribution >= 0.6 is 0 Å². The molecule has 0 radical (unpaired) electrons. The molecule has 152 valence electrons. The molecular formula is C23H27N3O3. The second-order valence-electron chi connectivity index (χ2n) is 7.59. The molecule has 1 N–H and O–H groups in total. The highest BCUT2D eigenvalue weighted by Gasteiger charge is 2.14. The minimum atomic E-state index is -0.947. The Morgan fingerprint density at radius 2 is 1.79 bits per heavy atom. The van der Waals surface area contributed by atoms with Crippen molar-refractivity contribution in [2.24, 2.45) is 5.92 Å². The summed E-state index contributed by atoms with van der Waals surface area (Å²) in [5.74, 6) is 0.343. The molecule has 0 saturated heterocycles. The highest BCUT2D eigenvalue weighted by molar-refractivity contribution is 5.95. The van der Waals surface area contributed by atoms with Gasteiger partial charge in [-0.15, -0.1) is 0 Å². The fourth-order valence-corrected chi connectivity index (χ4v) is 3.33. The van der Waals surface area contributed by atoms with Crippen LogP contribution in [0.2, 0.25) is 0 Å². The van der Waals surface area contributed by atoms with Crippen molar-refractivity contribution < 1.29 is 9.90 Å². The van der Waals surface area contributed by atoms with Gasteiger partial charge in [-0.25, -0.2) is 14.3 Å². The normalized spacial score (nSPS) is 11.2. The Morgan fingerprint density at radius 1 is 1.10 bits per heavy atom. The van der Waals surface area contributed by atoms with E-state index in [1.54, 1.807) is 27.4 Å². The quantitative estimate of drug-likeness (QED) is 0.626. The van der Waals surface area contributed by atoms with Crippen LogP contribution in [0.3, 0.4) is 0 Å². The third-order valence-corrected chi connectivity index (χ3v) is 5.00. The Balaban J connectivity index is 1.85. The molecule has 0 unspecified atom stereocenters. The molecule has 0 aliphatic rings. The summed E-state index contributed by atoms with van der Waals surface area (Å²) in [6, 6.07) is 14.6. The molecule has 0 spiro atoms. The number of carbonyl (C=O) groups is 1. The number of nitrogens with zero attached hydrogens (tertiary/aromatic N) is 3. The van der Waals surface area contributed by atoms with Gasteiger partial charge in [0.15, 0.2) is 0 Å². The zero-order chi connectivity index (χ0) is 21.0. The van der Waals surface area contributed by atoms with Crippen molar-refractivity contribution in [2.75, 3.05) is 0 Å². The van der Waals surface area contributed by atoms with Gasteiger partial charge < -0.3 is 5.11 Å². The summed E-state index contributed by atoms with van der Waals surface area (Å²) >= 11 is 0. The van der Waals surface area contributed by atoms with Crippen LogP contribution in [0.1, 0.15) is 48.9 Å². The number of benzene rings is 2. The van der Waals surface area contributed by atoms with Gasteiger partial charge in [0, 0.05) is 13.0 Å². The molecule has 0 fully saturated rings. The molecule has 1 heterocycles. The number of rotatable bonds is 8. The Morgan fingerprint density at radius 3 is 2.41 bits per heavy atom. The van der Waals surface area contributed by atoms with Crippen molar-refractivity contribution in [3.8, 4) is 11.1 Å². The summed E-state index contributed by atoms with van der Waals surface area (Å²) in [6.07, 6.45) is 1.60. The maximum absolute atomic E-state index is 12.8. The zero-order valence-electron chi connectivity index (χ0n) is 17.1. The molecule has 0 aliphatic carbocycles. The molecular weight excluding hydrogens is 366 g/mol. The largest absolute Gasteiger partial charge is 0.478 e. The number of aromatic nitrogens is 3. The molecule has 0 atom stereocenters. The van der Waals surface area contributed by atoms with Gasteiger partial charge in [-0.05, 0) is 35.1 Å². The standard InChI is InChI=1S/C23H27N3O3/c1-4-21-24-26(14-13-16(2)3)23(29)25(21)15-17-9-11-18(12-10-17)19-7-5-6-8-20(19)22(27)28/h5-12,16H,4,13-15H2,1-3H3,(H,27,28). The van der Waals surface area contributed by atoms with E-state index in [4.69, 9.17) is 0 Å². The average molecular weight is 393 g/mol. The van der Waals surface area contributed by atoms with Crippen molar-refractivity contribution in [1.82, 2.24) is 14.3 Å². The summed E-state index contributed by atoms with van der Waals surface area (Å²) < 4.78 is 3.29. The summed E-state index contributed by atoms with van der Waals surface area (Å²) in [6.45, 7) is 7.34. The van der Waals surface area contributed by atoms with Gasteiger partial charge in [0.25, 0.3) is 0 Å². The second-order valence-corrected chi connectivity index (χ2v) is 7.59. The molecule has 6 heteroatoms. The molecule has 3 aromatic rings. The number of aryl methyl sites for hydroxylation is 2. The highest BCUT2D eigenvalue weighted by Crippen LogP contribution is 2.24. The smallest absolute Gasteiger partial charge is 0.346 e. The van der Waals surface area contributed by atoms with Crippen molar-refractivity contribution in [3.63, 3.8) is 0 Å². The summed E-state index contributed by atoms with van der Waals surface area (Å²) in [5, 5.41) is 13.9. The number of hydrogen-bond donors (Lipinski definition) is 1. The number of aromatic carboxylic acids is 1. The lowest BCUT2D eigenvalue weighted by Crippen LogP contribution is -2.26. The van der Waals surface area contributed by atoms with Crippen LogP contribution in [0, 0.1) is 5.92 Å². The molecule has 6 nitrogen and oxygen atoms in total. The second kappa shape index (κ2) is 8.90. The van der Waals surface area contributed by atoms with E-state index in [0.29, 0.717) is 31.0 Å². The first-order valence-corrected chi connectivity index (χ1v) is 9.98. The van der Waals surface area contributed by atoms with Crippen LogP contribution in [-0.2, 0) is 19.5 Å². The fourth-order valence-electron chi connectivity index (χ4n) is 3.33. The average Bonchev–Trinajstić information content (AvgIpc) is 3.02. The Kier molecular flexibility index (Phi) is 6.32. The van der Waals surface area contributed by atoms with Gasteiger partial charge in [0.05, 0.1) is 12.1 Å². The SMILES string of the molecule is CCc1nn(CCC(C)C)c(=O)n1Cc1ccc(-c2ccccc2C(=O)O)cc1. The zero-order valence-corrected chi connectivity index (χ0v) is 17.1. The summed E-state index contributed by atoms with van der Waals surface area (Å²) in [5.41, 5.74) is 2.68. The van der Waals surface area contributed by atoms with E-state index >= 15 is 0 Å². The molecule has 3 rings (SSSR count). The predicted octanol–water partition coefficient (Wildman–Crippen LogP) is 4.07. The molecule has 29 heavy (non-hydrogen) atoms. The molecule has 0 bridgehead atoms. The van der Waals surface area contributed by atoms with Crippen molar-refractivity contribution in [2.45, 2.75) is 46.7 Å². The third kappa shape index (κ3) is 4.65. The molecule has 1 aromatic heterocycles. The van der Waals surface area contributed by atoms with E-state index < -0.39 is 5.97 Å². The first-order valence-electron chi connectivity index (χ1n) is 9.98. The van der Waals surface area contributed by atoms with Crippen molar-refractivity contribution >= 4 is 5.97 Å². The molecule has 0 amide bonds. The van der Waals surface area contributed by atoms with Crippen LogP contribution in [0.5, 0.6) is 0 Å². The Labute approximate surface area is 170 Å². The highest BCUT2D eigenvalue weighted by atomic mass is 16.4. The van der Waals surface area contributed by atoms with E-state index in [0.717, 1.165) is 23.4 Å². The summed E-state index contributed by atoms with van der Waals surface area (Å²) in [7, 11) is 0. The maximum atomic E-state index is 12.8. The predicted molar refractivity (Wildman–Crippen MR) is 113 cm³/mol. The minimum Gasteiger partial charge on any atom is -0.478 e. The van der Waals surface area contributed by atoms with E-state index in [2.05, 4.69) is 18.9 Å². The summed E-state index contributed by atoms with van der Waals surface area (Å²) in [4.78, 5) is 24.2. The van der Waals surface area contributed by atoms with Crippen LogP contribution in [0.25, 0.3) is 11.1 Å². The number of hydrogen-bond acceptors (Lipinski definition) is 3. The first-order chi connectivity index (χ1) is 13.9. The van der Waals surface area contributed by atoms with E-state index in [1.165, 1.54) is 0 Å². The molecule has 0 saturated carbocycles. The van der Waals surface area contributed by atoms with Crippen LogP contribution < -0.4 is 5.69 Å². The lowest BCUT2D eigenvalue weighted by Gasteiger charge is -2.08. The third-order valence-electron chi connectivity index (χ3n) is 5.00. The van der Waals surface area contributed by atoms with Gasteiger partial charge in [0.1, 0.15) is 5.82 Å². The van der Waals surface area contributed by atoms with Gasteiger partial charge in [-0.3, -0.25) is 4.57 Å². The Hall–Kier alpha value is -3.15. The maximum Gasteiger partial charge on any atom is 0.346 e. The van der Waals surface area contributed by atoms with Crippen LogP contribution in [0.15, 0.2) is 53.3 Å². The van der Waals surface area contributed by atoms with Crippen molar-refractivity contribution in [1.29, 1.82) is 0 Å². The van der Waals surface area contributed by atoms with Crippen LogP contribution in [-0.4, -0.2) is 25.4 Å². The van der Waals surface area contributed by atoms with Gasteiger partial charge in [-0.1, -0.05) is 63.2 Å². The molecule has 0 aliphatic heterocycles. The van der Waals surface area contributed by atoms with E-state index in [9.17, 15) is 14.7 Å². The van der Waals surface area contributed by atoms with E-state index in [1.807, 2.05) is 37.3 Å². The van der Waals surface area contributed by atoms with Crippen molar-refractivity contribution in [3.05, 3.63) is 76.0 Å². The van der Waals surface area contributed by atoms with Crippen LogP contribution in [0.4, 0.5) is 0 Å². The number of carboxylic acid groups (broad SMARTS) is 1. The lowest BCUT2D eigenvalue weighted by molar-refractivity contribution is 0.0697. The topological polar surface area (TPSA) is 77.1 Å². The fraction of sp³-hybridized carbons (Fsp3) is 0.348. The Bertz CT molecular complexity index is 1050. The van der Waals surface area contributed by atoms with E-state index in [-0.39, 0.29) is 11.3 Å². The monoisotopic (exact) mass is 393 g/mol. The van der Waals surface area contributed by atoms with Gasteiger partial charge in [0.2, 0.25) is 0 Å². The lowest BCUT2D eigenvalue weighted by atomic mass is 9.99. The van der Waals surface area contributed by atoms with Gasteiger partial charge >= 0.3 is 11.7 Å². The van der Waals surface area contributed by atoms with Gasteiger partial charge in [-0.2, -0.15) is 5.10 Å². The molecule has 2 aromatic carbocycles.